The van der Waals surface area contributed by atoms with Crippen molar-refractivity contribution < 1.29 is 4.79 Å². The Balaban J connectivity index is 1.59. The molecule has 0 aliphatic heterocycles. The van der Waals surface area contributed by atoms with Gasteiger partial charge in [0.1, 0.15) is 5.52 Å². The second-order valence-electron chi connectivity index (χ2n) is 4.77. The molecule has 0 spiro atoms. The smallest absolute Gasteiger partial charge is 0.277 e. The SMILES string of the molecule is O=C(/C=C\c1cccs1)NCCn1nnc2ccccc2c1=O. The molecule has 0 atom stereocenters. The maximum Gasteiger partial charge on any atom is 0.277 e. The van der Waals surface area contributed by atoms with E-state index in [9.17, 15) is 9.59 Å². The first kappa shape index (κ1) is 15.1. The lowest BCUT2D eigenvalue weighted by Gasteiger charge is -2.05. The highest BCUT2D eigenvalue weighted by atomic mass is 32.1. The standard InChI is InChI=1S/C16H14N4O2S/c21-15(8-7-12-4-3-11-23-12)17-9-10-20-16(22)13-5-1-2-6-14(13)18-19-20/h1-8,11H,9-10H2,(H,17,21)/b8-7-. The molecule has 0 radical (unpaired) electrons. The van der Waals surface area contributed by atoms with Crippen LogP contribution in [0.25, 0.3) is 17.0 Å². The van der Waals surface area contributed by atoms with Gasteiger partial charge in [0, 0.05) is 17.5 Å². The molecule has 0 fully saturated rings. The number of rotatable bonds is 5. The lowest BCUT2D eigenvalue weighted by molar-refractivity contribution is -0.116. The van der Waals surface area contributed by atoms with E-state index in [1.807, 2.05) is 17.5 Å². The van der Waals surface area contributed by atoms with E-state index < -0.39 is 0 Å². The van der Waals surface area contributed by atoms with Crippen molar-refractivity contribution in [1.82, 2.24) is 20.3 Å². The van der Waals surface area contributed by atoms with Crippen LogP contribution >= 0.6 is 11.3 Å². The van der Waals surface area contributed by atoms with E-state index in [0.717, 1.165) is 4.88 Å². The van der Waals surface area contributed by atoms with Crippen LogP contribution in [0.3, 0.4) is 0 Å². The monoisotopic (exact) mass is 326 g/mol. The van der Waals surface area contributed by atoms with Gasteiger partial charge in [-0.3, -0.25) is 9.59 Å². The van der Waals surface area contributed by atoms with E-state index in [1.165, 1.54) is 10.8 Å². The summed E-state index contributed by atoms with van der Waals surface area (Å²) in [6.07, 6.45) is 3.22. The Morgan fingerprint density at radius 3 is 2.96 bits per heavy atom. The molecule has 2 heterocycles. The molecule has 1 aromatic carbocycles. The van der Waals surface area contributed by atoms with Crippen molar-refractivity contribution >= 4 is 34.2 Å². The molecule has 2 aromatic heterocycles. The van der Waals surface area contributed by atoms with Gasteiger partial charge in [0.05, 0.1) is 11.9 Å². The number of hydrogen-bond donors (Lipinski definition) is 1. The van der Waals surface area contributed by atoms with Gasteiger partial charge in [0.2, 0.25) is 5.91 Å². The molecule has 116 valence electrons. The summed E-state index contributed by atoms with van der Waals surface area (Å²) in [7, 11) is 0. The van der Waals surface area contributed by atoms with E-state index in [4.69, 9.17) is 0 Å². The number of amides is 1. The van der Waals surface area contributed by atoms with Crippen LogP contribution in [0.2, 0.25) is 0 Å². The zero-order valence-corrected chi connectivity index (χ0v) is 13.0. The van der Waals surface area contributed by atoms with Crippen LogP contribution in [-0.4, -0.2) is 27.4 Å². The van der Waals surface area contributed by atoms with Crippen LogP contribution in [-0.2, 0) is 11.3 Å². The van der Waals surface area contributed by atoms with Crippen molar-refractivity contribution in [3.05, 3.63) is 63.1 Å². The number of carbonyl (C=O) groups excluding carboxylic acids is 1. The molecule has 0 aliphatic carbocycles. The number of benzene rings is 1. The second-order valence-corrected chi connectivity index (χ2v) is 5.75. The number of nitrogens with one attached hydrogen (secondary N) is 1. The fourth-order valence-electron chi connectivity index (χ4n) is 2.06. The van der Waals surface area contributed by atoms with Gasteiger partial charge in [0.25, 0.3) is 5.56 Å². The zero-order valence-electron chi connectivity index (χ0n) is 12.2. The van der Waals surface area contributed by atoms with E-state index in [1.54, 1.807) is 41.7 Å². The third-order valence-electron chi connectivity index (χ3n) is 3.19. The maximum atomic E-state index is 12.2. The maximum absolute atomic E-state index is 12.2. The van der Waals surface area contributed by atoms with E-state index in [-0.39, 0.29) is 18.0 Å². The molecule has 0 saturated carbocycles. The summed E-state index contributed by atoms with van der Waals surface area (Å²) in [6.45, 7) is 0.579. The van der Waals surface area contributed by atoms with Crippen LogP contribution in [0, 0.1) is 0 Å². The van der Waals surface area contributed by atoms with Crippen molar-refractivity contribution in [2.45, 2.75) is 6.54 Å². The second kappa shape index (κ2) is 6.97. The summed E-state index contributed by atoms with van der Waals surface area (Å²) in [4.78, 5) is 24.9. The molecule has 23 heavy (non-hydrogen) atoms. The summed E-state index contributed by atoms with van der Waals surface area (Å²) >= 11 is 1.56. The average molecular weight is 326 g/mol. The number of carbonyl (C=O) groups is 1. The molecule has 7 heteroatoms. The van der Waals surface area contributed by atoms with Gasteiger partial charge in [-0.2, -0.15) is 0 Å². The summed E-state index contributed by atoms with van der Waals surface area (Å²) in [5, 5.41) is 13.1. The van der Waals surface area contributed by atoms with E-state index in [2.05, 4.69) is 15.6 Å². The Kier molecular flexibility index (Phi) is 4.58. The number of fused-ring (bicyclic) bond motifs is 1. The lowest BCUT2D eigenvalue weighted by atomic mass is 10.2. The van der Waals surface area contributed by atoms with Crippen LogP contribution < -0.4 is 10.9 Å². The van der Waals surface area contributed by atoms with Crippen LogP contribution in [0.5, 0.6) is 0 Å². The molecule has 0 aliphatic rings. The van der Waals surface area contributed by atoms with Crippen molar-refractivity contribution in [3.8, 4) is 0 Å². The van der Waals surface area contributed by atoms with Crippen molar-refractivity contribution in [3.63, 3.8) is 0 Å². The van der Waals surface area contributed by atoms with Gasteiger partial charge in [-0.05, 0) is 29.7 Å². The minimum absolute atomic E-state index is 0.208. The Hall–Kier alpha value is -2.80. The molecule has 3 rings (SSSR count). The van der Waals surface area contributed by atoms with Gasteiger partial charge in [-0.15, -0.1) is 16.4 Å². The molecule has 0 bridgehead atoms. The number of nitrogens with zero attached hydrogens (tertiary/aromatic N) is 3. The fourth-order valence-corrected chi connectivity index (χ4v) is 2.68. The average Bonchev–Trinajstić information content (AvgIpc) is 3.09. The minimum atomic E-state index is -0.209. The first-order chi connectivity index (χ1) is 11.2. The third-order valence-corrected chi connectivity index (χ3v) is 4.03. The zero-order chi connectivity index (χ0) is 16.1. The molecular formula is C16H14N4O2S. The Morgan fingerprint density at radius 1 is 1.26 bits per heavy atom. The number of aromatic nitrogens is 3. The number of hydrogen-bond acceptors (Lipinski definition) is 5. The predicted molar refractivity (Wildman–Crippen MR) is 90.2 cm³/mol. The fraction of sp³-hybridized carbons (Fsp3) is 0.125. The van der Waals surface area contributed by atoms with Gasteiger partial charge >= 0.3 is 0 Å². The summed E-state index contributed by atoms with van der Waals surface area (Å²) < 4.78 is 1.26. The summed E-state index contributed by atoms with van der Waals surface area (Å²) in [5.74, 6) is -0.208. The molecule has 3 aromatic rings. The minimum Gasteiger partial charge on any atom is -0.351 e. The first-order valence-electron chi connectivity index (χ1n) is 7.06. The predicted octanol–water partition coefficient (Wildman–Crippen LogP) is 1.68. The van der Waals surface area contributed by atoms with Gasteiger partial charge in [-0.1, -0.05) is 23.4 Å². The third kappa shape index (κ3) is 3.70. The van der Waals surface area contributed by atoms with Gasteiger partial charge in [-0.25, -0.2) is 4.68 Å². The van der Waals surface area contributed by atoms with Crippen molar-refractivity contribution in [1.29, 1.82) is 0 Å². The van der Waals surface area contributed by atoms with Crippen LogP contribution in [0.1, 0.15) is 4.88 Å². The van der Waals surface area contributed by atoms with Crippen LogP contribution in [0.15, 0.2) is 52.6 Å². The summed E-state index contributed by atoms with van der Waals surface area (Å²) in [5.41, 5.74) is 0.357. The largest absolute Gasteiger partial charge is 0.351 e. The van der Waals surface area contributed by atoms with Gasteiger partial charge < -0.3 is 5.32 Å². The van der Waals surface area contributed by atoms with E-state index in [0.29, 0.717) is 17.4 Å². The van der Waals surface area contributed by atoms with E-state index >= 15 is 0 Å². The molecule has 6 nitrogen and oxygen atoms in total. The first-order valence-corrected chi connectivity index (χ1v) is 7.94. The highest BCUT2D eigenvalue weighted by Gasteiger charge is 2.04. The molecule has 0 saturated heterocycles. The topological polar surface area (TPSA) is 76.9 Å². The Morgan fingerprint density at radius 2 is 2.13 bits per heavy atom. The summed E-state index contributed by atoms with van der Waals surface area (Å²) in [6, 6.07) is 10.9. The normalized spacial score (nSPS) is 11.1. The molecule has 1 amide bonds. The molecule has 1 N–H and O–H groups in total. The van der Waals surface area contributed by atoms with Crippen molar-refractivity contribution in [2.24, 2.45) is 0 Å². The van der Waals surface area contributed by atoms with Gasteiger partial charge in [0.15, 0.2) is 0 Å². The Labute approximate surface area is 136 Å². The Bertz CT molecular complexity index is 900. The lowest BCUT2D eigenvalue weighted by Crippen LogP contribution is -2.31. The van der Waals surface area contributed by atoms with Crippen LogP contribution in [0.4, 0.5) is 0 Å². The number of thiophene rings is 1. The molecule has 0 unspecified atom stereocenters. The highest BCUT2D eigenvalue weighted by Crippen LogP contribution is 2.09. The molecular weight excluding hydrogens is 312 g/mol. The highest BCUT2D eigenvalue weighted by molar-refractivity contribution is 7.10. The van der Waals surface area contributed by atoms with Crippen molar-refractivity contribution in [2.75, 3.05) is 6.54 Å². The quantitative estimate of drug-likeness (QED) is 0.724.